The molecule has 128 valence electrons. The average molecular weight is 398 g/mol. The van der Waals surface area contributed by atoms with Crippen LogP contribution in [0.3, 0.4) is 0 Å². The number of aromatic nitrogens is 1. The zero-order valence-corrected chi connectivity index (χ0v) is 15.6. The van der Waals surface area contributed by atoms with Crippen molar-refractivity contribution in [1.82, 2.24) is 10.3 Å². The zero-order valence-electron chi connectivity index (χ0n) is 14.1. The lowest BCUT2D eigenvalue weighted by atomic mass is 9.99. The van der Waals surface area contributed by atoms with Crippen molar-refractivity contribution in [3.8, 4) is 5.75 Å². The van der Waals surface area contributed by atoms with Crippen LogP contribution in [-0.4, -0.2) is 25.2 Å². The first-order chi connectivity index (χ1) is 12.3. The predicted octanol–water partition coefficient (Wildman–Crippen LogP) is 4.30. The van der Waals surface area contributed by atoms with Crippen molar-refractivity contribution in [3.63, 3.8) is 0 Å². The Morgan fingerprint density at radius 2 is 2.12 bits per heavy atom. The highest BCUT2D eigenvalue weighted by atomic mass is 79.9. The van der Waals surface area contributed by atoms with Crippen LogP contribution in [0.5, 0.6) is 5.75 Å². The number of pyridine rings is 1. The van der Waals surface area contributed by atoms with Gasteiger partial charge in [0.05, 0.1) is 23.1 Å². The number of halogens is 1. The molecule has 0 saturated carbocycles. The van der Waals surface area contributed by atoms with Gasteiger partial charge < -0.3 is 15.4 Å². The molecule has 0 aliphatic carbocycles. The molecule has 25 heavy (non-hydrogen) atoms. The lowest BCUT2D eigenvalue weighted by molar-refractivity contribution is 0.412. The highest BCUT2D eigenvalue weighted by Crippen LogP contribution is 2.34. The van der Waals surface area contributed by atoms with Gasteiger partial charge in [0.1, 0.15) is 5.75 Å². The van der Waals surface area contributed by atoms with Crippen molar-refractivity contribution < 1.29 is 4.74 Å². The quantitative estimate of drug-likeness (QED) is 0.691. The van der Waals surface area contributed by atoms with E-state index in [0.29, 0.717) is 0 Å². The van der Waals surface area contributed by atoms with Gasteiger partial charge in [0.15, 0.2) is 0 Å². The molecule has 1 aliphatic heterocycles. The summed E-state index contributed by atoms with van der Waals surface area (Å²) < 4.78 is 6.32. The van der Waals surface area contributed by atoms with Gasteiger partial charge in [-0.3, -0.25) is 4.98 Å². The molecular formula is C20H20BrN3O. The van der Waals surface area contributed by atoms with E-state index in [-0.39, 0.29) is 6.04 Å². The molecule has 1 aromatic heterocycles. The van der Waals surface area contributed by atoms with E-state index in [4.69, 9.17) is 4.74 Å². The molecule has 0 spiro atoms. The van der Waals surface area contributed by atoms with Crippen molar-refractivity contribution >= 4 is 32.5 Å². The van der Waals surface area contributed by atoms with E-state index in [1.54, 1.807) is 7.11 Å². The molecule has 2 N–H and O–H groups in total. The highest BCUT2D eigenvalue weighted by molar-refractivity contribution is 9.10. The molecule has 0 bridgehead atoms. The molecule has 0 saturated heterocycles. The minimum atomic E-state index is 0.227. The van der Waals surface area contributed by atoms with E-state index >= 15 is 0 Å². The number of rotatable bonds is 3. The van der Waals surface area contributed by atoms with Crippen molar-refractivity contribution in [3.05, 3.63) is 64.3 Å². The van der Waals surface area contributed by atoms with Gasteiger partial charge in [-0.25, -0.2) is 0 Å². The fourth-order valence-corrected chi connectivity index (χ4v) is 3.93. The number of nitrogens with one attached hydrogen (secondary N) is 2. The first-order valence-corrected chi connectivity index (χ1v) is 9.23. The molecule has 2 aromatic carbocycles. The van der Waals surface area contributed by atoms with Gasteiger partial charge in [0.2, 0.25) is 0 Å². The molecule has 0 fully saturated rings. The number of methoxy groups -OCH3 is 1. The van der Waals surface area contributed by atoms with Gasteiger partial charge in [-0.15, -0.1) is 0 Å². The number of hydrogen-bond acceptors (Lipinski definition) is 4. The molecule has 5 heteroatoms. The Morgan fingerprint density at radius 3 is 3.00 bits per heavy atom. The van der Waals surface area contributed by atoms with E-state index < -0.39 is 0 Å². The molecule has 4 rings (SSSR count). The third-order valence-electron chi connectivity index (χ3n) is 4.69. The third kappa shape index (κ3) is 3.22. The second-order valence-electron chi connectivity index (χ2n) is 6.21. The monoisotopic (exact) mass is 397 g/mol. The molecule has 2 heterocycles. The first kappa shape index (κ1) is 16.4. The number of nitrogens with zero attached hydrogens (tertiary/aromatic N) is 1. The Hall–Kier alpha value is -2.11. The molecular weight excluding hydrogens is 378 g/mol. The van der Waals surface area contributed by atoms with Gasteiger partial charge in [-0.2, -0.15) is 0 Å². The standard InChI is InChI=1S/C20H20BrN3O/c1-25-20-11-18-15(10-16(20)21)17(7-9-23-18)24-19-12-22-8-6-13-4-2-3-5-14(13)19/h2-5,7,9-11,19,22H,6,8,12H2,1H3,(H,23,24). The Kier molecular flexibility index (Phi) is 4.59. The summed E-state index contributed by atoms with van der Waals surface area (Å²) in [6, 6.07) is 15.0. The maximum Gasteiger partial charge on any atom is 0.135 e. The zero-order chi connectivity index (χ0) is 17.2. The Bertz CT molecular complexity index is 913. The minimum Gasteiger partial charge on any atom is -0.495 e. The number of ether oxygens (including phenoxy) is 1. The summed E-state index contributed by atoms with van der Waals surface area (Å²) in [5.41, 5.74) is 4.77. The van der Waals surface area contributed by atoms with Crippen LogP contribution in [0.4, 0.5) is 5.69 Å². The maximum absolute atomic E-state index is 5.39. The van der Waals surface area contributed by atoms with Crippen molar-refractivity contribution in [2.45, 2.75) is 12.5 Å². The van der Waals surface area contributed by atoms with Gasteiger partial charge in [0.25, 0.3) is 0 Å². The van der Waals surface area contributed by atoms with Gasteiger partial charge in [-0.1, -0.05) is 24.3 Å². The van der Waals surface area contributed by atoms with Crippen molar-refractivity contribution in [1.29, 1.82) is 0 Å². The fraction of sp³-hybridized carbons (Fsp3) is 0.250. The lowest BCUT2D eigenvalue weighted by Gasteiger charge is -2.21. The number of fused-ring (bicyclic) bond motifs is 2. The minimum absolute atomic E-state index is 0.227. The average Bonchev–Trinajstić information content (AvgIpc) is 2.84. The SMILES string of the molecule is COc1cc2nccc(NC3CNCCc4ccccc43)c2cc1Br. The van der Waals surface area contributed by atoms with Crippen LogP contribution in [-0.2, 0) is 6.42 Å². The van der Waals surface area contributed by atoms with Gasteiger partial charge in [-0.05, 0) is 52.2 Å². The molecule has 0 radical (unpaired) electrons. The van der Waals surface area contributed by atoms with Crippen LogP contribution in [0.15, 0.2) is 53.1 Å². The van der Waals surface area contributed by atoms with Crippen molar-refractivity contribution in [2.75, 3.05) is 25.5 Å². The molecule has 4 nitrogen and oxygen atoms in total. The predicted molar refractivity (Wildman–Crippen MR) is 105 cm³/mol. The summed E-state index contributed by atoms with van der Waals surface area (Å²) in [6.07, 6.45) is 2.90. The summed E-state index contributed by atoms with van der Waals surface area (Å²) in [4.78, 5) is 4.49. The van der Waals surface area contributed by atoms with Crippen LogP contribution in [0, 0.1) is 0 Å². The highest BCUT2D eigenvalue weighted by Gasteiger charge is 2.19. The second kappa shape index (κ2) is 7.02. The van der Waals surface area contributed by atoms with E-state index in [1.165, 1.54) is 11.1 Å². The molecule has 0 amide bonds. The van der Waals surface area contributed by atoms with Crippen LogP contribution in [0.25, 0.3) is 10.9 Å². The third-order valence-corrected chi connectivity index (χ3v) is 5.31. The van der Waals surface area contributed by atoms with Crippen molar-refractivity contribution in [2.24, 2.45) is 0 Å². The normalized spacial score (nSPS) is 17.0. The summed E-state index contributed by atoms with van der Waals surface area (Å²) >= 11 is 3.58. The van der Waals surface area contributed by atoms with Gasteiger partial charge >= 0.3 is 0 Å². The Morgan fingerprint density at radius 1 is 1.24 bits per heavy atom. The largest absolute Gasteiger partial charge is 0.495 e. The molecule has 1 atom stereocenters. The summed E-state index contributed by atoms with van der Waals surface area (Å²) in [5.74, 6) is 0.790. The summed E-state index contributed by atoms with van der Waals surface area (Å²) in [6.45, 7) is 1.91. The summed E-state index contributed by atoms with van der Waals surface area (Å²) in [5, 5.41) is 8.34. The molecule has 1 aliphatic rings. The van der Waals surface area contributed by atoms with E-state index in [9.17, 15) is 0 Å². The van der Waals surface area contributed by atoms with Gasteiger partial charge in [0, 0.05) is 29.9 Å². The Labute approximate surface area is 155 Å². The Balaban J connectivity index is 1.75. The van der Waals surface area contributed by atoms with Crippen LogP contribution in [0.1, 0.15) is 17.2 Å². The fourth-order valence-electron chi connectivity index (χ4n) is 3.43. The maximum atomic E-state index is 5.39. The van der Waals surface area contributed by atoms with E-state index in [2.05, 4.69) is 61.9 Å². The van der Waals surface area contributed by atoms with E-state index in [1.807, 2.05) is 18.3 Å². The molecule has 1 unspecified atom stereocenters. The van der Waals surface area contributed by atoms with E-state index in [0.717, 1.165) is 46.3 Å². The smallest absolute Gasteiger partial charge is 0.135 e. The first-order valence-electron chi connectivity index (χ1n) is 8.43. The number of anilines is 1. The molecule has 3 aromatic rings. The van der Waals surface area contributed by atoms with Crippen LogP contribution < -0.4 is 15.4 Å². The van der Waals surface area contributed by atoms with Crippen LogP contribution in [0.2, 0.25) is 0 Å². The lowest BCUT2D eigenvalue weighted by Crippen LogP contribution is -2.25. The number of benzene rings is 2. The van der Waals surface area contributed by atoms with Crippen LogP contribution >= 0.6 is 15.9 Å². The second-order valence-corrected chi connectivity index (χ2v) is 7.07. The summed E-state index contributed by atoms with van der Waals surface area (Å²) in [7, 11) is 1.67. The number of hydrogen-bond donors (Lipinski definition) is 2. The topological polar surface area (TPSA) is 46.2 Å².